The Kier molecular flexibility index (Phi) is 5.18. The fraction of sp³-hybridized carbons (Fsp3) is 0.688. The summed E-state index contributed by atoms with van der Waals surface area (Å²) in [7, 11) is 0. The highest BCUT2D eigenvalue weighted by Gasteiger charge is 2.28. The van der Waals surface area contributed by atoms with Gasteiger partial charge in [0.2, 0.25) is 0 Å². The SMILES string of the molecule is CCC(CC)C1CCOC(C2=CCC=NC=C2)C1. The molecule has 0 radical (unpaired) electrons. The molecule has 2 atom stereocenters. The van der Waals surface area contributed by atoms with Crippen molar-refractivity contribution in [3.8, 4) is 0 Å². The zero-order valence-electron chi connectivity index (χ0n) is 11.6. The van der Waals surface area contributed by atoms with Crippen LogP contribution in [0.5, 0.6) is 0 Å². The predicted molar refractivity (Wildman–Crippen MR) is 76.9 cm³/mol. The monoisotopic (exact) mass is 247 g/mol. The molecule has 0 N–H and O–H groups in total. The van der Waals surface area contributed by atoms with E-state index in [0.29, 0.717) is 6.10 Å². The third-order valence-corrected chi connectivity index (χ3v) is 4.33. The first-order valence-corrected chi connectivity index (χ1v) is 7.35. The Labute approximate surface area is 111 Å². The van der Waals surface area contributed by atoms with Gasteiger partial charge in [0, 0.05) is 25.4 Å². The van der Waals surface area contributed by atoms with E-state index in [-0.39, 0.29) is 0 Å². The summed E-state index contributed by atoms with van der Waals surface area (Å²) in [5.74, 6) is 1.69. The van der Waals surface area contributed by atoms with E-state index >= 15 is 0 Å². The molecule has 0 aromatic carbocycles. The molecule has 100 valence electrons. The molecule has 2 heterocycles. The molecule has 18 heavy (non-hydrogen) atoms. The Morgan fingerprint density at radius 1 is 1.39 bits per heavy atom. The van der Waals surface area contributed by atoms with Crippen LogP contribution < -0.4 is 0 Å². The molecular weight excluding hydrogens is 222 g/mol. The highest BCUT2D eigenvalue weighted by molar-refractivity contribution is 5.62. The lowest BCUT2D eigenvalue weighted by Gasteiger charge is -2.34. The molecule has 1 saturated heterocycles. The Bertz CT molecular complexity index is 339. The van der Waals surface area contributed by atoms with Crippen molar-refractivity contribution in [2.75, 3.05) is 6.61 Å². The van der Waals surface area contributed by atoms with E-state index in [2.05, 4.69) is 31.0 Å². The minimum Gasteiger partial charge on any atom is -0.374 e. The first-order chi connectivity index (χ1) is 8.85. The third-order valence-electron chi connectivity index (χ3n) is 4.33. The standard InChI is InChI=1S/C16H25NO/c1-3-13(4-2)15-8-11-18-16(12-15)14-6-5-9-17-10-7-14/h6-7,9-10,13,15-16H,3-5,8,11-12H2,1-2H3. The average Bonchev–Trinajstić information content (AvgIpc) is 2.69. The minimum absolute atomic E-state index is 0.294. The summed E-state index contributed by atoms with van der Waals surface area (Å²) in [5.41, 5.74) is 1.32. The molecule has 2 aliphatic heterocycles. The van der Waals surface area contributed by atoms with E-state index in [1.807, 2.05) is 12.4 Å². The van der Waals surface area contributed by atoms with Crippen LogP contribution in [0.3, 0.4) is 0 Å². The maximum Gasteiger partial charge on any atom is 0.0825 e. The third kappa shape index (κ3) is 3.32. The van der Waals surface area contributed by atoms with Gasteiger partial charge in [-0.3, -0.25) is 4.99 Å². The lowest BCUT2D eigenvalue weighted by molar-refractivity contribution is -0.00187. The van der Waals surface area contributed by atoms with Crippen molar-refractivity contribution in [3.05, 3.63) is 23.9 Å². The molecule has 2 heteroatoms. The molecule has 0 aromatic rings. The lowest BCUT2D eigenvalue weighted by atomic mass is 9.79. The summed E-state index contributed by atoms with van der Waals surface area (Å²) < 4.78 is 5.97. The Hall–Kier alpha value is -0.890. The second-order valence-corrected chi connectivity index (χ2v) is 5.31. The molecule has 0 bridgehead atoms. The normalized spacial score (nSPS) is 28.3. The zero-order valence-corrected chi connectivity index (χ0v) is 11.6. The summed E-state index contributed by atoms with van der Waals surface area (Å²) in [4.78, 5) is 4.19. The van der Waals surface area contributed by atoms with E-state index in [4.69, 9.17) is 4.74 Å². The van der Waals surface area contributed by atoms with Crippen LogP contribution in [-0.4, -0.2) is 18.9 Å². The number of ether oxygens (including phenoxy) is 1. The van der Waals surface area contributed by atoms with Crippen LogP contribution in [0.2, 0.25) is 0 Å². The van der Waals surface area contributed by atoms with E-state index in [1.165, 1.54) is 31.3 Å². The number of hydrogen-bond acceptors (Lipinski definition) is 2. The molecular formula is C16H25NO. The van der Waals surface area contributed by atoms with Crippen LogP contribution in [0.25, 0.3) is 0 Å². The lowest BCUT2D eigenvalue weighted by Crippen LogP contribution is -2.30. The van der Waals surface area contributed by atoms with E-state index in [0.717, 1.165) is 24.9 Å². The van der Waals surface area contributed by atoms with Gasteiger partial charge in [0.05, 0.1) is 6.10 Å². The largest absolute Gasteiger partial charge is 0.374 e. The molecule has 1 fully saturated rings. The zero-order chi connectivity index (χ0) is 12.8. The fourth-order valence-electron chi connectivity index (χ4n) is 3.18. The van der Waals surface area contributed by atoms with E-state index in [1.54, 1.807) is 0 Å². The number of rotatable bonds is 4. The summed E-state index contributed by atoms with van der Waals surface area (Å²) >= 11 is 0. The maximum absolute atomic E-state index is 5.97. The highest BCUT2D eigenvalue weighted by atomic mass is 16.5. The van der Waals surface area contributed by atoms with Crippen LogP contribution in [0, 0.1) is 11.8 Å². The van der Waals surface area contributed by atoms with Gasteiger partial charge < -0.3 is 4.74 Å². The fourth-order valence-corrected chi connectivity index (χ4v) is 3.18. The average molecular weight is 247 g/mol. The van der Waals surface area contributed by atoms with Gasteiger partial charge in [0.15, 0.2) is 0 Å². The van der Waals surface area contributed by atoms with Crippen molar-refractivity contribution < 1.29 is 4.74 Å². The molecule has 0 aliphatic carbocycles. The second kappa shape index (κ2) is 6.89. The van der Waals surface area contributed by atoms with Crippen LogP contribution in [0.4, 0.5) is 0 Å². The first kappa shape index (κ1) is 13.5. The Morgan fingerprint density at radius 2 is 2.22 bits per heavy atom. The molecule has 0 amide bonds. The maximum atomic E-state index is 5.97. The van der Waals surface area contributed by atoms with Gasteiger partial charge in [-0.25, -0.2) is 0 Å². The van der Waals surface area contributed by atoms with Gasteiger partial charge in [-0.2, -0.15) is 0 Å². The van der Waals surface area contributed by atoms with E-state index in [9.17, 15) is 0 Å². The van der Waals surface area contributed by atoms with Crippen LogP contribution >= 0.6 is 0 Å². The van der Waals surface area contributed by atoms with Crippen molar-refractivity contribution in [2.45, 2.75) is 52.1 Å². The molecule has 0 spiro atoms. The van der Waals surface area contributed by atoms with Gasteiger partial charge in [-0.05, 0) is 36.3 Å². The Balaban J connectivity index is 2.00. The Morgan fingerprint density at radius 3 is 3.00 bits per heavy atom. The summed E-state index contributed by atoms with van der Waals surface area (Å²) in [6, 6.07) is 0. The predicted octanol–water partition coefficient (Wildman–Crippen LogP) is 4.13. The van der Waals surface area contributed by atoms with Crippen molar-refractivity contribution >= 4 is 6.21 Å². The summed E-state index contributed by atoms with van der Waals surface area (Å²) in [6.07, 6.45) is 14.4. The summed E-state index contributed by atoms with van der Waals surface area (Å²) in [6.45, 7) is 5.55. The first-order valence-electron chi connectivity index (χ1n) is 7.35. The molecule has 2 rings (SSSR count). The molecule has 2 nitrogen and oxygen atoms in total. The van der Waals surface area contributed by atoms with Crippen molar-refractivity contribution in [1.29, 1.82) is 0 Å². The van der Waals surface area contributed by atoms with Gasteiger partial charge in [0.1, 0.15) is 0 Å². The van der Waals surface area contributed by atoms with Crippen LogP contribution in [0.15, 0.2) is 28.9 Å². The van der Waals surface area contributed by atoms with Gasteiger partial charge in [-0.1, -0.05) is 32.8 Å². The van der Waals surface area contributed by atoms with Crippen molar-refractivity contribution in [1.82, 2.24) is 0 Å². The number of aliphatic imine (C=N–C) groups is 1. The highest BCUT2D eigenvalue weighted by Crippen LogP contribution is 2.34. The van der Waals surface area contributed by atoms with Gasteiger partial charge >= 0.3 is 0 Å². The number of hydrogen-bond donors (Lipinski definition) is 0. The molecule has 0 aromatic heterocycles. The second-order valence-electron chi connectivity index (χ2n) is 5.31. The van der Waals surface area contributed by atoms with E-state index < -0.39 is 0 Å². The van der Waals surface area contributed by atoms with Crippen molar-refractivity contribution in [2.24, 2.45) is 16.8 Å². The quantitative estimate of drug-likeness (QED) is 0.732. The molecule has 2 aliphatic rings. The topological polar surface area (TPSA) is 21.6 Å². The van der Waals surface area contributed by atoms with Crippen LogP contribution in [0.1, 0.15) is 46.0 Å². The number of allylic oxidation sites excluding steroid dienone is 1. The van der Waals surface area contributed by atoms with Gasteiger partial charge in [0.25, 0.3) is 0 Å². The summed E-state index contributed by atoms with van der Waals surface area (Å²) in [5, 5.41) is 0. The minimum atomic E-state index is 0.294. The van der Waals surface area contributed by atoms with Gasteiger partial charge in [-0.15, -0.1) is 0 Å². The molecule has 0 saturated carbocycles. The van der Waals surface area contributed by atoms with Crippen molar-refractivity contribution in [3.63, 3.8) is 0 Å². The van der Waals surface area contributed by atoms with Crippen LogP contribution in [-0.2, 0) is 4.74 Å². The smallest absolute Gasteiger partial charge is 0.0825 e. The molecule has 2 unspecified atom stereocenters. The number of nitrogens with zero attached hydrogens (tertiary/aromatic N) is 1.